The Labute approximate surface area is 166 Å². The van der Waals surface area contributed by atoms with Crippen molar-refractivity contribution in [3.05, 3.63) is 71.8 Å². The monoisotopic (exact) mass is 374 g/mol. The summed E-state index contributed by atoms with van der Waals surface area (Å²) in [6, 6.07) is 12.6. The van der Waals surface area contributed by atoms with E-state index in [-0.39, 0.29) is 0 Å². The lowest BCUT2D eigenvalue weighted by atomic mass is 10.1. The van der Waals surface area contributed by atoms with Gasteiger partial charge in [-0.05, 0) is 42.7 Å². The van der Waals surface area contributed by atoms with Crippen LogP contribution in [0.4, 0.5) is 17.3 Å². The molecule has 1 N–H and O–H groups in total. The summed E-state index contributed by atoms with van der Waals surface area (Å²) in [5.41, 5.74) is 5.20. The van der Waals surface area contributed by atoms with E-state index in [2.05, 4.69) is 68.2 Å². The molecular formula is C22H26N6. The van der Waals surface area contributed by atoms with Crippen molar-refractivity contribution in [1.82, 2.24) is 15.0 Å². The molecule has 1 aliphatic heterocycles. The van der Waals surface area contributed by atoms with Gasteiger partial charge in [-0.3, -0.25) is 4.98 Å². The second kappa shape index (κ2) is 8.25. The summed E-state index contributed by atoms with van der Waals surface area (Å²) in [5.74, 6) is 1.81. The van der Waals surface area contributed by atoms with Gasteiger partial charge in [0.1, 0.15) is 18.0 Å². The highest BCUT2D eigenvalue weighted by Crippen LogP contribution is 2.25. The van der Waals surface area contributed by atoms with Crippen LogP contribution in [0.2, 0.25) is 0 Å². The molecule has 0 unspecified atom stereocenters. The molecule has 6 nitrogen and oxygen atoms in total. The summed E-state index contributed by atoms with van der Waals surface area (Å²) >= 11 is 0. The van der Waals surface area contributed by atoms with Gasteiger partial charge in [0.2, 0.25) is 0 Å². The first-order valence-corrected chi connectivity index (χ1v) is 9.71. The van der Waals surface area contributed by atoms with Gasteiger partial charge in [0, 0.05) is 56.9 Å². The number of rotatable bonds is 5. The normalized spacial score (nSPS) is 14.2. The molecule has 1 fully saturated rings. The van der Waals surface area contributed by atoms with Crippen molar-refractivity contribution in [1.29, 1.82) is 0 Å². The Morgan fingerprint density at radius 1 is 0.964 bits per heavy atom. The third kappa shape index (κ3) is 4.06. The number of nitrogens with one attached hydrogen (secondary N) is 1. The molecule has 0 bridgehead atoms. The highest BCUT2D eigenvalue weighted by atomic mass is 15.3. The number of hydrogen-bond acceptors (Lipinski definition) is 6. The standard InChI is InChI=1S/C22H26N6/c1-17-5-3-7-20(18(17)2)27-9-11-28(12-10-27)22-13-21(25-16-26-22)24-15-19-6-4-8-23-14-19/h3-8,13-14,16H,9-12,15H2,1-2H3,(H,24,25,26). The van der Waals surface area contributed by atoms with Crippen molar-refractivity contribution in [2.45, 2.75) is 20.4 Å². The largest absolute Gasteiger partial charge is 0.368 e. The van der Waals surface area contributed by atoms with E-state index < -0.39 is 0 Å². The highest BCUT2D eigenvalue weighted by molar-refractivity contribution is 5.57. The van der Waals surface area contributed by atoms with Crippen molar-refractivity contribution in [2.75, 3.05) is 41.3 Å². The third-order valence-corrected chi connectivity index (χ3v) is 5.37. The Morgan fingerprint density at radius 2 is 1.79 bits per heavy atom. The predicted octanol–water partition coefficient (Wildman–Crippen LogP) is 3.43. The first-order chi connectivity index (χ1) is 13.7. The van der Waals surface area contributed by atoms with Gasteiger partial charge in [-0.2, -0.15) is 0 Å². The van der Waals surface area contributed by atoms with E-state index in [0.717, 1.165) is 43.4 Å². The summed E-state index contributed by atoms with van der Waals surface area (Å²) in [7, 11) is 0. The number of benzene rings is 1. The molecule has 28 heavy (non-hydrogen) atoms. The van der Waals surface area contributed by atoms with Gasteiger partial charge in [0.15, 0.2) is 0 Å². The van der Waals surface area contributed by atoms with Crippen LogP contribution in [0.15, 0.2) is 55.1 Å². The average molecular weight is 374 g/mol. The number of nitrogens with zero attached hydrogens (tertiary/aromatic N) is 5. The zero-order chi connectivity index (χ0) is 19.3. The molecule has 3 heterocycles. The Kier molecular flexibility index (Phi) is 5.37. The molecule has 0 atom stereocenters. The fourth-order valence-corrected chi connectivity index (χ4v) is 3.57. The van der Waals surface area contributed by atoms with Crippen molar-refractivity contribution in [3.8, 4) is 0 Å². The van der Waals surface area contributed by atoms with E-state index in [1.165, 1.54) is 16.8 Å². The number of aromatic nitrogens is 3. The van der Waals surface area contributed by atoms with Gasteiger partial charge in [-0.25, -0.2) is 9.97 Å². The van der Waals surface area contributed by atoms with Crippen molar-refractivity contribution >= 4 is 17.3 Å². The lowest BCUT2D eigenvalue weighted by Crippen LogP contribution is -2.47. The van der Waals surface area contributed by atoms with Crippen LogP contribution in [0.25, 0.3) is 0 Å². The molecule has 6 heteroatoms. The van der Waals surface area contributed by atoms with Gasteiger partial charge in [0.25, 0.3) is 0 Å². The van der Waals surface area contributed by atoms with E-state index in [9.17, 15) is 0 Å². The molecular weight excluding hydrogens is 348 g/mol. The van der Waals surface area contributed by atoms with Crippen molar-refractivity contribution in [2.24, 2.45) is 0 Å². The van der Waals surface area contributed by atoms with E-state index in [4.69, 9.17) is 0 Å². The maximum atomic E-state index is 4.49. The van der Waals surface area contributed by atoms with Crippen molar-refractivity contribution in [3.63, 3.8) is 0 Å². The zero-order valence-corrected chi connectivity index (χ0v) is 16.5. The second-order valence-electron chi connectivity index (χ2n) is 7.17. The Bertz CT molecular complexity index is 919. The third-order valence-electron chi connectivity index (χ3n) is 5.37. The molecule has 0 amide bonds. The average Bonchev–Trinajstić information content (AvgIpc) is 2.75. The molecule has 144 valence electrons. The molecule has 1 aliphatic rings. The van der Waals surface area contributed by atoms with E-state index in [1.807, 2.05) is 18.3 Å². The van der Waals surface area contributed by atoms with Crippen LogP contribution < -0.4 is 15.1 Å². The molecule has 0 saturated carbocycles. The molecule has 0 aliphatic carbocycles. The quantitative estimate of drug-likeness (QED) is 0.738. The van der Waals surface area contributed by atoms with Gasteiger partial charge in [0.05, 0.1) is 0 Å². The topological polar surface area (TPSA) is 57.2 Å². The fraction of sp³-hybridized carbons (Fsp3) is 0.318. The minimum absolute atomic E-state index is 0.699. The molecule has 0 radical (unpaired) electrons. The lowest BCUT2D eigenvalue weighted by molar-refractivity contribution is 0.645. The number of pyridine rings is 1. The van der Waals surface area contributed by atoms with Gasteiger partial charge in [-0.1, -0.05) is 18.2 Å². The smallest absolute Gasteiger partial charge is 0.134 e. The SMILES string of the molecule is Cc1cccc(N2CCN(c3cc(NCc4cccnc4)ncn3)CC2)c1C. The van der Waals surface area contributed by atoms with Crippen LogP contribution in [0.1, 0.15) is 16.7 Å². The van der Waals surface area contributed by atoms with Crippen LogP contribution in [-0.4, -0.2) is 41.1 Å². The second-order valence-corrected chi connectivity index (χ2v) is 7.17. The molecule has 2 aromatic heterocycles. The number of hydrogen-bond donors (Lipinski definition) is 1. The van der Waals surface area contributed by atoms with Gasteiger partial charge in [-0.15, -0.1) is 0 Å². The van der Waals surface area contributed by atoms with Crippen LogP contribution in [0.5, 0.6) is 0 Å². The van der Waals surface area contributed by atoms with E-state index in [1.54, 1.807) is 12.5 Å². The van der Waals surface area contributed by atoms with Gasteiger partial charge < -0.3 is 15.1 Å². The lowest BCUT2D eigenvalue weighted by Gasteiger charge is -2.37. The molecule has 0 spiro atoms. The maximum absolute atomic E-state index is 4.49. The van der Waals surface area contributed by atoms with Crippen LogP contribution in [-0.2, 0) is 6.54 Å². The van der Waals surface area contributed by atoms with E-state index in [0.29, 0.717) is 6.54 Å². The van der Waals surface area contributed by atoms with Crippen LogP contribution in [0, 0.1) is 13.8 Å². The first-order valence-electron chi connectivity index (χ1n) is 9.71. The zero-order valence-electron chi connectivity index (χ0n) is 16.5. The fourth-order valence-electron chi connectivity index (χ4n) is 3.57. The summed E-state index contributed by atoms with van der Waals surface area (Å²) < 4.78 is 0. The summed E-state index contributed by atoms with van der Waals surface area (Å²) in [5, 5.41) is 3.36. The highest BCUT2D eigenvalue weighted by Gasteiger charge is 2.20. The number of piperazine rings is 1. The van der Waals surface area contributed by atoms with Crippen molar-refractivity contribution < 1.29 is 0 Å². The minimum Gasteiger partial charge on any atom is -0.368 e. The maximum Gasteiger partial charge on any atom is 0.134 e. The number of anilines is 3. The Morgan fingerprint density at radius 3 is 2.57 bits per heavy atom. The molecule has 1 aromatic carbocycles. The first kappa shape index (κ1) is 18.2. The van der Waals surface area contributed by atoms with Crippen LogP contribution in [0.3, 0.4) is 0 Å². The predicted molar refractivity (Wildman–Crippen MR) is 114 cm³/mol. The van der Waals surface area contributed by atoms with Gasteiger partial charge >= 0.3 is 0 Å². The Hall–Kier alpha value is -3.15. The summed E-state index contributed by atoms with van der Waals surface area (Å²) in [4.78, 5) is 17.8. The molecule has 3 aromatic rings. The number of aryl methyl sites for hydroxylation is 1. The Balaban J connectivity index is 1.39. The summed E-state index contributed by atoms with van der Waals surface area (Å²) in [6.07, 6.45) is 5.28. The molecule has 4 rings (SSSR count). The van der Waals surface area contributed by atoms with Crippen LogP contribution >= 0.6 is 0 Å². The van der Waals surface area contributed by atoms with E-state index >= 15 is 0 Å². The molecule has 1 saturated heterocycles. The summed E-state index contributed by atoms with van der Waals surface area (Å²) in [6.45, 7) is 8.97. The minimum atomic E-state index is 0.699.